The van der Waals surface area contributed by atoms with Crippen molar-refractivity contribution >= 4 is 21.7 Å². The van der Waals surface area contributed by atoms with Gasteiger partial charge in [-0.1, -0.05) is 35.0 Å². The molecule has 0 bridgehead atoms. The molecule has 1 unspecified atom stereocenters. The van der Waals surface area contributed by atoms with Crippen molar-refractivity contribution in [3.8, 4) is 0 Å². The van der Waals surface area contributed by atoms with Crippen molar-refractivity contribution in [2.45, 2.75) is 33.3 Å². The van der Waals surface area contributed by atoms with Crippen LogP contribution in [0.25, 0.3) is 0 Å². The molecule has 16 heavy (non-hydrogen) atoms. The van der Waals surface area contributed by atoms with Crippen LogP contribution in [0.1, 0.15) is 37.5 Å². The molecule has 0 aliphatic carbocycles. The summed E-state index contributed by atoms with van der Waals surface area (Å²) in [6, 6.07) is 5.88. The fourth-order valence-electron chi connectivity index (χ4n) is 1.51. The number of aryl methyl sites for hydroxylation is 1. The average molecular weight is 285 g/mol. The Morgan fingerprint density at radius 1 is 1.50 bits per heavy atom. The fourth-order valence-corrected chi connectivity index (χ4v) is 1.76. The summed E-state index contributed by atoms with van der Waals surface area (Å²) >= 11 is 3.44. The zero-order valence-electron chi connectivity index (χ0n) is 9.92. The van der Waals surface area contributed by atoms with Crippen molar-refractivity contribution in [1.82, 2.24) is 0 Å². The van der Waals surface area contributed by atoms with Crippen LogP contribution in [0.4, 0.5) is 0 Å². The molecule has 0 spiro atoms. The highest BCUT2D eigenvalue weighted by Crippen LogP contribution is 2.24. The van der Waals surface area contributed by atoms with Gasteiger partial charge in [-0.05, 0) is 37.5 Å². The van der Waals surface area contributed by atoms with Crippen LogP contribution in [0, 0.1) is 6.92 Å². The first-order valence-electron chi connectivity index (χ1n) is 5.44. The molecule has 0 saturated carbocycles. The molecule has 1 rings (SSSR count). The predicted octanol–water partition coefficient (Wildman–Crippen LogP) is 3.81. The highest BCUT2D eigenvalue weighted by atomic mass is 79.9. The number of Topliss-reactive ketones (excluding diaryl/α,β-unsaturated/α-hetero) is 1. The maximum atomic E-state index is 11.5. The normalized spacial score (nSPS) is 12.5. The number of ether oxygens (including phenoxy) is 1. The second-order valence-electron chi connectivity index (χ2n) is 3.87. The van der Waals surface area contributed by atoms with E-state index in [4.69, 9.17) is 4.74 Å². The molecule has 3 heteroatoms. The lowest BCUT2D eigenvalue weighted by Gasteiger charge is -2.15. The van der Waals surface area contributed by atoms with E-state index in [9.17, 15) is 4.79 Å². The summed E-state index contributed by atoms with van der Waals surface area (Å²) in [4.78, 5) is 11.5. The Bertz CT molecular complexity index is 374. The molecule has 0 radical (unpaired) electrons. The minimum atomic E-state index is -0.424. The van der Waals surface area contributed by atoms with E-state index < -0.39 is 6.10 Å². The zero-order chi connectivity index (χ0) is 12.1. The fraction of sp³-hybridized carbons (Fsp3) is 0.462. The molecule has 0 amide bonds. The molecule has 0 aliphatic heterocycles. The van der Waals surface area contributed by atoms with E-state index in [2.05, 4.69) is 15.9 Å². The van der Waals surface area contributed by atoms with E-state index >= 15 is 0 Å². The lowest BCUT2D eigenvalue weighted by molar-refractivity contribution is -0.128. The molecule has 0 fully saturated rings. The molecule has 1 atom stereocenters. The van der Waals surface area contributed by atoms with Crippen molar-refractivity contribution in [1.29, 1.82) is 0 Å². The molecular weight excluding hydrogens is 268 g/mol. The van der Waals surface area contributed by atoms with Crippen molar-refractivity contribution in [3.05, 3.63) is 33.8 Å². The third-order valence-electron chi connectivity index (χ3n) is 2.34. The first kappa shape index (κ1) is 13.4. The van der Waals surface area contributed by atoms with Crippen LogP contribution in [0.5, 0.6) is 0 Å². The highest BCUT2D eigenvalue weighted by molar-refractivity contribution is 9.10. The Morgan fingerprint density at radius 3 is 2.69 bits per heavy atom. The number of benzene rings is 1. The number of hydrogen-bond acceptors (Lipinski definition) is 2. The average Bonchev–Trinajstić information content (AvgIpc) is 2.23. The highest BCUT2D eigenvalue weighted by Gasteiger charge is 2.17. The molecule has 1 aromatic rings. The number of rotatable bonds is 5. The van der Waals surface area contributed by atoms with Gasteiger partial charge in [0.1, 0.15) is 6.10 Å². The first-order chi connectivity index (χ1) is 7.56. The van der Waals surface area contributed by atoms with Gasteiger partial charge in [0.15, 0.2) is 5.78 Å². The largest absolute Gasteiger partial charge is 0.366 e. The van der Waals surface area contributed by atoms with Gasteiger partial charge in [0.2, 0.25) is 0 Å². The second-order valence-corrected chi connectivity index (χ2v) is 4.72. The number of carbonyl (C=O) groups excluding carboxylic acids is 1. The van der Waals surface area contributed by atoms with Crippen molar-refractivity contribution < 1.29 is 9.53 Å². The summed E-state index contributed by atoms with van der Waals surface area (Å²) in [6.07, 6.45) is 0.492. The Morgan fingerprint density at radius 2 is 2.19 bits per heavy atom. The monoisotopic (exact) mass is 284 g/mol. The van der Waals surface area contributed by atoms with Gasteiger partial charge in [-0.2, -0.15) is 0 Å². The Labute approximate surface area is 105 Å². The molecule has 88 valence electrons. The van der Waals surface area contributed by atoms with Crippen molar-refractivity contribution in [2.75, 3.05) is 6.61 Å². The van der Waals surface area contributed by atoms with Crippen LogP contribution in [0.3, 0.4) is 0 Å². The maximum absolute atomic E-state index is 11.5. The van der Waals surface area contributed by atoms with E-state index in [-0.39, 0.29) is 5.78 Å². The van der Waals surface area contributed by atoms with E-state index in [1.807, 2.05) is 32.0 Å². The molecule has 1 aromatic carbocycles. The van der Waals surface area contributed by atoms with Crippen LogP contribution in [0.2, 0.25) is 0 Å². The molecule has 0 aromatic heterocycles. The van der Waals surface area contributed by atoms with Crippen molar-refractivity contribution in [3.63, 3.8) is 0 Å². The number of hydrogen-bond donors (Lipinski definition) is 0. The predicted molar refractivity (Wildman–Crippen MR) is 68.5 cm³/mol. The van der Waals surface area contributed by atoms with Gasteiger partial charge >= 0.3 is 0 Å². The molecular formula is C13H17BrO2. The van der Waals surface area contributed by atoms with E-state index in [1.165, 1.54) is 0 Å². The van der Waals surface area contributed by atoms with Crippen LogP contribution < -0.4 is 0 Å². The molecule has 0 saturated heterocycles. The summed E-state index contributed by atoms with van der Waals surface area (Å²) in [7, 11) is 0. The van der Waals surface area contributed by atoms with Crippen LogP contribution in [-0.2, 0) is 9.53 Å². The molecule has 0 aliphatic rings. The first-order valence-corrected chi connectivity index (χ1v) is 6.23. The third-order valence-corrected chi connectivity index (χ3v) is 3.23. The molecule has 2 nitrogen and oxygen atoms in total. The van der Waals surface area contributed by atoms with Gasteiger partial charge in [0.25, 0.3) is 0 Å². The quantitative estimate of drug-likeness (QED) is 0.822. The molecule has 0 N–H and O–H groups in total. The summed E-state index contributed by atoms with van der Waals surface area (Å²) in [5.74, 6) is 0.0511. The van der Waals surface area contributed by atoms with Crippen LogP contribution in [-0.4, -0.2) is 12.4 Å². The summed E-state index contributed by atoms with van der Waals surface area (Å²) in [5, 5.41) is 0. The number of halogens is 1. The Kier molecular flexibility index (Phi) is 5.16. The zero-order valence-corrected chi connectivity index (χ0v) is 11.5. The minimum absolute atomic E-state index is 0.0511. The van der Waals surface area contributed by atoms with Crippen LogP contribution >= 0.6 is 15.9 Å². The van der Waals surface area contributed by atoms with Gasteiger partial charge in [0.05, 0.1) is 0 Å². The maximum Gasteiger partial charge on any atom is 0.163 e. The van der Waals surface area contributed by atoms with E-state index in [0.29, 0.717) is 6.61 Å². The molecule has 0 heterocycles. The second kappa shape index (κ2) is 6.16. The topological polar surface area (TPSA) is 26.3 Å². The van der Waals surface area contributed by atoms with Gasteiger partial charge < -0.3 is 4.74 Å². The number of carbonyl (C=O) groups is 1. The van der Waals surface area contributed by atoms with Gasteiger partial charge in [-0.3, -0.25) is 4.79 Å². The van der Waals surface area contributed by atoms with E-state index in [1.54, 1.807) is 6.92 Å². The van der Waals surface area contributed by atoms with Crippen molar-refractivity contribution in [2.24, 2.45) is 0 Å². The Balaban J connectivity index is 2.92. The van der Waals surface area contributed by atoms with Gasteiger partial charge in [-0.25, -0.2) is 0 Å². The lowest BCUT2D eigenvalue weighted by atomic mass is 10.0. The standard InChI is InChI=1S/C13H17BrO2/c1-4-7-16-13(10(3)15)11-5-6-12(14)9(2)8-11/h5-6,8,13H,4,7H2,1-3H3. The SMILES string of the molecule is CCCOC(C(C)=O)c1ccc(Br)c(C)c1. The Hall–Kier alpha value is -0.670. The summed E-state index contributed by atoms with van der Waals surface area (Å²) in [6.45, 7) is 6.21. The van der Waals surface area contributed by atoms with Gasteiger partial charge in [-0.15, -0.1) is 0 Å². The smallest absolute Gasteiger partial charge is 0.163 e. The lowest BCUT2D eigenvalue weighted by Crippen LogP contribution is -2.13. The van der Waals surface area contributed by atoms with Crippen LogP contribution in [0.15, 0.2) is 22.7 Å². The minimum Gasteiger partial charge on any atom is -0.366 e. The van der Waals surface area contributed by atoms with Gasteiger partial charge in [0, 0.05) is 11.1 Å². The van der Waals surface area contributed by atoms with E-state index in [0.717, 1.165) is 22.0 Å². The number of ketones is 1. The third kappa shape index (κ3) is 3.42. The summed E-state index contributed by atoms with van der Waals surface area (Å²) < 4.78 is 6.62. The summed E-state index contributed by atoms with van der Waals surface area (Å²) in [5.41, 5.74) is 2.05.